The van der Waals surface area contributed by atoms with Gasteiger partial charge in [0.1, 0.15) is 5.82 Å². The molecule has 4 nitrogen and oxygen atoms in total. The summed E-state index contributed by atoms with van der Waals surface area (Å²) >= 11 is 0. The average Bonchev–Trinajstić information content (AvgIpc) is 2.84. The zero-order chi connectivity index (χ0) is 13.7. The van der Waals surface area contributed by atoms with Crippen molar-refractivity contribution in [1.82, 2.24) is 9.55 Å². The molecule has 0 fully saturated rings. The Morgan fingerprint density at radius 2 is 2.16 bits per heavy atom. The highest BCUT2D eigenvalue weighted by atomic mass is 16.5. The predicted molar refractivity (Wildman–Crippen MR) is 77.0 cm³/mol. The summed E-state index contributed by atoms with van der Waals surface area (Å²) in [5.74, 6) is 1.02. The summed E-state index contributed by atoms with van der Waals surface area (Å²) in [5.41, 5.74) is 2.27. The number of aromatic nitrogens is 2. The van der Waals surface area contributed by atoms with Crippen molar-refractivity contribution in [2.45, 2.75) is 26.5 Å². The first-order chi connectivity index (χ1) is 9.22. The van der Waals surface area contributed by atoms with Crippen LogP contribution in [0.3, 0.4) is 0 Å². The molecule has 1 heterocycles. The van der Waals surface area contributed by atoms with Gasteiger partial charge in [0.25, 0.3) is 0 Å². The molecule has 1 N–H and O–H groups in total. The van der Waals surface area contributed by atoms with Gasteiger partial charge in [-0.05, 0) is 19.9 Å². The van der Waals surface area contributed by atoms with Crippen LogP contribution < -0.4 is 5.32 Å². The normalized spacial score (nSPS) is 12.4. The van der Waals surface area contributed by atoms with E-state index >= 15 is 0 Å². The highest BCUT2D eigenvalue weighted by molar-refractivity contribution is 5.51. The average molecular weight is 259 g/mol. The Balaban J connectivity index is 2.12. The van der Waals surface area contributed by atoms with E-state index in [-0.39, 0.29) is 6.04 Å². The van der Waals surface area contributed by atoms with Crippen molar-refractivity contribution in [3.8, 4) is 0 Å². The number of benzene rings is 1. The van der Waals surface area contributed by atoms with Crippen LogP contribution in [0.25, 0.3) is 0 Å². The van der Waals surface area contributed by atoms with E-state index in [0.29, 0.717) is 6.61 Å². The van der Waals surface area contributed by atoms with Gasteiger partial charge in [-0.3, -0.25) is 0 Å². The summed E-state index contributed by atoms with van der Waals surface area (Å²) in [4.78, 5) is 4.37. The molecule has 19 heavy (non-hydrogen) atoms. The number of rotatable bonds is 6. The number of nitrogens with zero attached hydrogens (tertiary/aromatic N) is 2. The minimum atomic E-state index is 0.155. The zero-order valence-electron chi connectivity index (χ0n) is 11.8. The molecular weight excluding hydrogens is 238 g/mol. The van der Waals surface area contributed by atoms with Gasteiger partial charge >= 0.3 is 0 Å². The Kier molecular flexibility index (Phi) is 4.58. The summed E-state index contributed by atoms with van der Waals surface area (Å²) in [7, 11) is 2.01. The molecule has 0 radical (unpaired) electrons. The SMILES string of the molecule is CCOCc1ccccc1NC(C)c1nccn1C. The van der Waals surface area contributed by atoms with Crippen LogP contribution in [0.15, 0.2) is 36.7 Å². The van der Waals surface area contributed by atoms with Crippen molar-refractivity contribution in [3.05, 3.63) is 48.0 Å². The van der Waals surface area contributed by atoms with Crippen LogP contribution >= 0.6 is 0 Å². The third-order valence-corrected chi connectivity index (χ3v) is 3.10. The van der Waals surface area contributed by atoms with Crippen molar-refractivity contribution >= 4 is 5.69 Å². The van der Waals surface area contributed by atoms with Gasteiger partial charge in [-0.1, -0.05) is 18.2 Å². The molecule has 1 aromatic heterocycles. The molecule has 0 saturated carbocycles. The number of para-hydroxylation sites is 1. The van der Waals surface area contributed by atoms with Crippen molar-refractivity contribution < 1.29 is 4.74 Å². The van der Waals surface area contributed by atoms with Gasteiger partial charge < -0.3 is 14.6 Å². The van der Waals surface area contributed by atoms with E-state index in [0.717, 1.165) is 18.1 Å². The summed E-state index contributed by atoms with van der Waals surface area (Å²) in [6.45, 7) is 5.47. The molecule has 0 aliphatic heterocycles. The highest BCUT2D eigenvalue weighted by Gasteiger charge is 2.11. The summed E-state index contributed by atoms with van der Waals surface area (Å²) < 4.78 is 7.53. The van der Waals surface area contributed by atoms with Gasteiger partial charge in [0.05, 0.1) is 12.6 Å². The number of nitrogens with one attached hydrogen (secondary N) is 1. The van der Waals surface area contributed by atoms with Crippen molar-refractivity contribution in [2.75, 3.05) is 11.9 Å². The molecule has 0 aliphatic rings. The Morgan fingerprint density at radius 1 is 1.37 bits per heavy atom. The Morgan fingerprint density at radius 3 is 2.84 bits per heavy atom. The predicted octanol–water partition coefficient (Wildman–Crippen LogP) is 3.13. The minimum absolute atomic E-state index is 0.155. The molecule has 4 heteroatoms. The monoisotopic (exact) mass is 259 g/mol. The van der Waals surface area contributed by atoms with E-state index in [2.05, 4.69) is 29.4 Å². The van der Waals surface area contributed by atoms with Gasteiger partial charge in [0.2, 0.25) is 0 Å². The van der Waals surface area contributed by atoms with Crippen LogP contribution in [-0.2, 0) is 18.4 Å². The van der Waals surface area contributed by atoms with E-state index in [1.807, 2.05) is 43.1 Å². The van der Waals surface area contributed by atoms with Crippen LogP contribution in [-0.4, -0.2) is 16.2 Å². The van der Waals surface area contributed by atoms with Crippen LogP contribution in [0.4, 0.5) is 5.69 Å². The van der Waals surface area contributed by atoms with Gasteiger partial charge in [-0.15, -0.1) is 0 Å². The first-order valence-corrected chi connectivity index (χ1v) is 6.61. The zero-order valence-corrected chi connectivity index (χ0v) is 11.8. The van der Waals surface area contributed by atoms with Crippen molar-refractivity contribution in [2.24, 2.45) is 7.05 Å². The lowest BCUT2D eigenvalue weighted by Gasteiger charge is -2.18. The van der Waals surface area contributed by atoms with E-state index in [1.165, 1.54) is 5.56 Å². The maximum atomic E-state index is 5.50. The number of hydrogen-bond acceptors (Lipinski definition) is 3. The molecule has 0 bridgehead atoms. The molecule has 1 atom stereocenters. The number of hydrogen-bond donors (Lipinski definition) is 1. The number of imidazole rings is 1. The Labute approximate surface area is 114 Å². The maximum absolute atomic E-state index is 5.50. The van der Waals surface area contributed by atoms with Crippen molar-refractivity contribution in [1.29, 1.82) is 0 Å². The molecule has 1 aromatic carbocycles. The third-order valence-electron chi connectivity index (χ3n) is 3.10. The molecule has 1 unspecified atom stereocenters. The van der Waals surface area contributed by atoms with E-state index in [9.17, 15) is 0 Å². The van der Waals surface area contributed by atoms with Crippen molar-refractivity contribution in [3.63, 3.8) is 0 Å². The largest absolute Gasteiger partial charge is 0.377 e. The van der Waals surface area contributed by atoms with Crippen LogP contribution in [0, 0.1) is 0 Å². The molecule has 102 valence electrons. The second-order valence-electron chi connectivity index (χ2n) is 4.56. The quantitative estimate of drug-likeness (QED) is 0.866. The molecule has 0 amide bonds. The maximum Gasteiger partial charge on any atom is 0.130 e. The van der Waals surface area contributed by atoms with E-state index in [4.69, 9.17) is 4.74 Å². The molecule has 0 spiro atoms. The lowest BCUT2D eigenvalue weighted by atomic mass is 10.1. The molecule has 2 aromatic rings. The smallest absolute Gasteiger partial charge is 0.130 e. The van der Waals surface area contributed by atoms with E-state index < -0.39 is 0 Å². The van der Waals surface area contributed by atoms with Gasteiger partial charge in [0, 0.05) is 37.3 Å². The summed E-state index contributed by atoms with van der Waals surface area (Å²) in [5, 5.41) is 3.50. The second-order valence-corrected chi connectivity index (χ2v) is 4.56. The van der Waals surface area contributed by atoms with Crippen LogP contribution in [0.2, 0.25) is 0 Å². The summed E-state index contributed by atoms with van der Waals surface area (Å²) in [6, 6.07) is 8.38. The second kappa shape index (κ2) is 6.38. The Bertz CT molecular complexity index is 522. The standard InChI is InChI=1S/C15H21N3O/c1-4-19-11-13-7-5-6-8-14(13)17-12(2)15-16-9-10-18(15)3/h5-10,12,17H,4,11H2,1-3H3. The summed E-state index contributed by atoms with van der Waals surface area (Å²) in [6.07, 6.45) is 3.78. The fourth-order valence-corrected chi connectivity index (χ4v) is 2.09. The first-order valence-electron chi connectivity index (χ1n) is 6.61. The number of aryl methyl sites for hydroxylation is 1. The van der Waals surface area contributed by atoms with Crippen LogP contribution in [0.5, 0.6) is 0 Å². The van der Waals surface area contributed by atoms with Gasteiger partial charge in [-0.25, -0.2) is 4.98 Å². The minimum Gasteiger partial charge on any atom is -0.377 e. The first kappa shape index (κ1) is 13.6. The highest BCUT2D eigenvalue weighted by Crippen LogP contribution is 2.22. The van der Waals surface area contributed by atoms with Gasteiger partial charge in [-0.2, -0.15) is 0 Å². The lowest BCUT2D eigenvalue weighted by Crippen LogP contribution is -2.13. The fourth-order valence-electron chi connectivity index (χ4n) is 2.09. The van der Waals surface area contributed by atoms with E-state index in [1.54, 1.807) is 0 Å². The molecule has 0 saturated heterocycles. The molecular formula is C15H21N3O. The lowest BCUT2D eigenvalue weighted by molar-refractivity contribution is 0.134. The topological polar surface area (TPSA) is 39.1 Å². The number of anilines is 1. The third kappa shape index (κ3) is 3.35. The fraction of sp³-hybridized carbons (Fsp3) is 0.400. The molecule has 2 rings (SSSR count). The Hall–Kier alpha value is -1.81. The van der Waals surface area contributed by atoms with Gasteiger partial charge in [0.15, 0.2) is 0 Å². The molecule has 0 aliphatic carbocycles. The number of ether oxygens (including phenoxy) is 1. The van der Waals surface area contributed by atoms with Crippen LogP contribution in [0.1, 0.15) is 31.3 Å².